The van der Waals surface area contributed by atoms with Crippen LogP contribution in [0.1, 0.15) is 146 Å². The number of methoxy groups -OCH3 is 2. The highest BCUT2D eigenvalue weighted by molar-refractivity contribution is 6.06. The minimum absolute atomic E-state index is 0.0828. The summed E-state index contributed by atoms with van der Waals surface area (Å²) in [6.07, 6.45) is 9.15. The first kappa shape index (κ1) is 41.6. The lowest BCUT2D eigenvalue weighted by atomic mass is 9.84. The molecule has 12 nitrogen and oxygen atoms in total. The van der Waals surface area contributed by atoms with Gasteiger partial charge in [-0.05, 0) is 86.9 Å². The lowest BCUT2D eigenvalue weighted by Crippen LogP contribution is -2.26. The van der Waals surface area contributed by atoms with E-state index in [2.05, 4.69) is 74.2 Å². The van der Waals surface area contributed by atoms with Crippen molar-refractivity contribution in [2.45, 2.75) is 111 Å². The van der Waals surface area contributed by atoms with Gasteiger partial charge in [0.05, 0.1) is 55.2 Å². The number of aryl methyl sites for hydroxylation is 2. The van der Waals surface area contributed by atoms with E-state index in [0.29, 0.717) is 40.7 Å². The van der Waals surface area contributed by atoms with Crippen LogP contribution in [0.4, 0.5) is 0 Å². The van der Waals surface area contributed by atoms with Gasteiger partial charge in [0, 0.05) is 58.2 Å². The van der Waals surface area contributed by atoms with Crippen LogP contribution < -0.4 is 5.32 Å². The zero-order valence-electron chi connectivity index (χ0n) is 33.9. The molecule has 0 unspecified atom stereocenters. The summed E-state index contributed by atoms with van der Waals surface area (Å²) in [6, 6.07) is 6.10. The Labute approximate surface area is 328 Å². The number of nitrogens with zero attached hydrogens (tertiary/aromatic N) is 2. The number of nitrogens with one attached hydrogen (secondary N) is 3. The van der Waals surface area contributed by atoms with E-state index in [1.54, 1.807) is 0 Å². The van der Waals surface area contributed by atoms with E-state index >= 15 is 0 Å². The molecule has 2 aliphatic rings. The number of rotatable bonds is 15. The van der Waals surface area contributed by atoms with Gasteiger partial charge in [-0.25, -0.2) is 4.98 Å². The maximum Gasteiger partial charge on any atom is 0.310 e. The number of allylic oxidation sites excluding steroid dienone is 3. The summed E-state index contributed by atoms with van der Waals surface area (Å²) in [5, 5.41) is 12.1. The van der Waals surface area contributed by atoms with Crippen LogP contribution in [0.5, 0.6) is 0 Å². The molecule has 0 fully saturated rings. The Balaban J connectivity index is 1.95. The van der Waals surface area contributed by atoms with Gasteiger partial charge < -0.3 is 29.9 Å². The van der Waals surface area contributed by atoms with Crippen LogP contribution in [-0.2, 0) is 30.3 Å². The van der Waals surface area contributed by atoms with Crippen molar-refractivity contribution in [1.29, 1.82) is 0 Å². The third kappa shape index (κ3) is 8.95. The molecule has 3 aromatic heterocycles. The molecule has 2 atom stereocenters. The lowest BCUT2D eigenvalue weighted by molar-refractivity contribution is -0.141. The van der Waals surface area contributed by atoms with Crippen molar-refractivity contribution in [3.8, 4) is 0 Å². The molecule has 2 aliphatic heterocycles. The molecular formula is C44H55N5O7. The van der Waals surface area contributed by atoms with Gasteiger partial charge in [-0.1, -0.05) is 45.8 Å². The van der Waals surface area contributed by atoms with Crippen molar-refractivity contribution in [1.82, 2.24) is 25.3 Å². The predicted octanol–water partition coefficient (Wildman–Crippen LogP) is 8.63. The molecule has 5 rings (SSSR count). The normalized spacial score (nSPS) is 15.4. The Morgan fingerprint density at radius 3 is 2.29 bits per heavy atom. The van der Waals surface area contributed by atoms with Crippen LogP contribution >= 0.6 is 0 Å². The number of aromatic nitrogens is 4. The number of aromatic amines is 2. The van der Waals surface area contributed by atoms with E-state index in [1.165, 1.54) is 14.2 Å². The van der Waals surface area contributed by atoms with Crippen molar-refractivity contribution >= 4 is 63.1 Å². The average molecular weight is 766 g/mol. The second-order valence-corrected chi connectivity index (χ2v) is 14.6. The van der Waals surface area contributed by atoms with Gasteiger partial charge >= 0.3 is 17.9 Å². The summed E-state index contributed by atoms with van der Waals surface area (Å²) >= 11 is 0. The molecule has 0 saturated carbocycles. The Morgan fingerprint density at radius 1 is 0.893 bits per heavy atom. The van der Waals surface area contributed by atoms with Gasteiger partial charge in [0.25, 0.3) is 5.91 Å². The number of H-pyrrole nitrogens is 2. The molecule has 4 N–H and O–H groups in total. The second-order valence-electron chi connectivity index (χ2n) is 14.6. The van der Waals surface area contributed by atoms with Crippen molar-refractivity contribution < 1.29 is 33.8 Å². The number of fused-ring (bicyclic) bond motifs is 8. The van der Waals surface area contributed by atoms with Crippen LogP contribution in [0.25, 0.3) is 39.3 Å². The fraction of sp³-hybridized carbons (Fsp3) is 0.455. The monoisotopic (exact) mass is 765 g/mol. The first-order valence-corrected chi connectivity index (χ1v) is 19.6. The van der Waals surface area contributed by atoms with Crippen molar-refractivity contribution in [2.24, 2.45) is 0 Å². The van der Waals surface area contributed by atoms with Crippen LogP contribution in [0.2, 0.25) is 0 Å². The summed E-state index contributed by atoms with van der Waals surface area (Å²) in [5.74, 6) is -2.71. The van der Waals surface area contributed by atoms with E-state index in [9.17, 15) is 24.3 Å². The quantitative estimate of drug-likeness (QED) is 0.0872. The number of carboxylic acids is 1. The van der Waals surface area contributed by atoms with Crippen molar-refractivity contribution in [3.63, 3.8) is 0 Å². The molecule has 0 aromatic carbocycles. The summed E-state index contributed by atoms with van der Waals surface area (Å²) in [6.45, 7) is 12.3. The van der Waals surface area contributed by atoms with Gasteiger partial charge in [-0.15, -0.1) is 0 Å². The third-order valence-electron chi connectivity index (χ3n) is 11.1. The molecule has 298 valence electrons. The van der Waals surface area contributed by atoms with Gasteiger partial charge in [0.2, 0.25) is 0 Å². The second kappa shape index (κ2) is 18.4. The minimum Gasteiger partial charge on any atom is -0.481 e. The number of carbonyl (C=O) groups excluding carboxylic acids is 3. The first-order chi connectivity index (χ1) is 26.8. The SMILES string of the molecule is CCCC/C=C/c1c(C)c2cc3nc(c(CC(=O)OC)c4[nH]c(cc5nc(cc1[nH]2)C(C)=C5CC)c(C)c4C(=O)NCCC(=O)O)[C@@H](CCCC(=O)OC)[C@@H]3C. The molecule has 3 aromatic rings. The van der Waals surface area contributed by atoms with Crippen molar-refractivity contribution in [3.05, 3.63) is 74.9 Å². The van der Waals surface area contributed by atoms with E-state index in [0.717, 1.165) is 76.1 Å². The summed E-state index contributed by atoms with van der Waals surface area (Å²) in [5.41, 5.74) is 11.5. The lowest BCUT2D eigenvalue weighted by Gasteiger charge is -2.18. The van der Waals surface area contributed by atoms with Gasteiger partial charge in [0.1, 0.15) is 0 Å². The number of hydrogen-bond donors (Lipinski definition) is 4. The number of aliphatic carboxylic acids is 1. The van der Waals surface area contributed by atoms with Gasteiger partial charge in [0.15, 0.2) is 0 Å². The van der Waals surface area contributed by atoms with Crippen LogP contribution in [0.15, 0.2) is 24.3 Å². The fourth-order valence-electron chi connectivity index (χ4n) is 7.74. The molecule has 56 heavy (non-hydrogen) atoms. The van der Waals surface area contributed by atoms with Gasteiger partial charge in [-0.3, -0.25) is 24.2 Å². The fourth-order valence-corrected chi connectivity index (χ4v) is 7.74. The molecule has 8 bridgehead atoms. The number of carboxylic acid groups (broad SMARTS) is 1. The smallest absolute Gasteiger partial charge is 0.310 e. The third-order valence-corrected chi connectivity index (χ3v) is 11.1. The van der Waals surface area contributed by atoms with E-state index < -0.39 is 17.8 Å². The molecule has 0 aliphatic carbocycles. The molecule has 0 saturated heterocycles. The number of amides is 1. The van der Waals surface area contributed by atoms with E-state index in [4.69, 9.17) is 19.4 Å². The summed E-state index contributed by atoms with van der Waals surface area (Å²) < 4.78 is 10.2. The molecule has 0 spiro atoms. The van der Waals surface area contributed by atoms with Gasteiger partial charge in [-0.2, -0.15) is 0 Å². The number of carbonyl (C=O) groups is 4. The summed E-state index contributed by atoms with van der Waals surface area (Å²) in [7, 11) is 2.69. The number of esters is 2. The average Bonchev–Trinajstić information content (AvgIpc) is 3.85. The molecule has 0 radical (unpaired) electrons. The largest absolute Gasteiger partial charge is 0.481 e. The highest BCUT2D eigenvalue weighted by Crippen LogP contribution is 2.43. The number of ether oxygens (including phenoxy) is 2. The Bertz CT molecular complexity index is 2240. The summed E-state index contributed by atoms with van der Waals surface area (Å²) in [4.78, 5) is 68.6. The Hall–Kier alpha value is -5.52. The van der Waals surface area contributed by atoms with Crippen LogP contribution in [-0.4, -0.2) is 69.6 Å². The van der Waals surface area contributed by atoms with E-state index in [1.807, 2.05) is 13.0 Å². The highest BCUT2D eigenvalue weighted by Gasteiger charge is 2.33. The molecule has 1 amide bonds. The topological polar surface area (TPSA) is 176 Å². The highest BCUT2D eigenvalue weighted by atomic mass is 16.5. The first-order valence-electron chi connectivity index (χ1n) is 19.6. The zero-order valence-corrected chi connectivity index (χ0v) is 33.9. The van der Waals surface area contributed by atoms with Crippen LogP contribution in [0.3, 0.4) is 0 Å². The zero-order chi connectivity index (χ0) is 40.7. The minimum atomic E-state index is -1.04. The molecule has 5 heterocycles. The number of unbranched alkanes of at least 4 members (excludes halogenated alkanes) is 2. The van der Waals surface area contributed by atoms with Crippen LogP contribution in [0, 0.1) is 13.8 Å². The Kier molecular flexibility index (Phi) is 13.7. The molecule has 12 heteroatoms. The maximum absolute atomic E-state index is 14.1. The number of hydrogen-bond acceptors (Lipinski definition) is 8. The molecular weight excluding hydrogens is 711 g/mol. The standard InChI is InChI=1S/C44H55N5O7/c1-9-11-12-13-15-29-25(4)32-21-34-26(5)30(16-14-17-39(52)55-7)42(48-34)31(20-40(53)56-8)43-41(44(54)45-19-18-38(50)51)27(6)35(49-43)23-36-28(10-2)24(3)33(46-36)22-37(29)47-32/h13,15,21-23,26,30,47,49H,9-12,14,16-20H2,1-8H3,(H,45,54)(H,50,51)/b15-13+,32-21?,33-22?,34-21?,35-23?,36-23?,37-22?,42-31?,43-31?/t26-,30-/m0/s1. The Morgan fingerprint density at radius 2 is 1.61 bits per heavy atom. The predicted molar refractivity (Wildman–Crippen MR) is 219 cm³/mol. The maximum atomic E-state index is 14.1. The van der Waals surface area contributed by atoms with Crippen molar-refractivity contribution in [2.75, 3.05) is 20.8 Å². The van der Waals surface area contributed by atoms with E-state index in [-0.39, 0.29) is 49.2 Å².